The molecule has 2 aromatic carbocycles. The van der Waals surface area contributed by atoms with Crippen molar-refractivity contribution in [3.63, 3.8) is 0 Å². The molecule has 0 aliphatic carbocycles. The van der Waals surface area contributed by atoms with Crippen molar-refractivity contribution in [3.8, 4) is 29.6 Å². The molecule has 298 valence electrons. The quantitative estimate of drug-likeness (QED) is 0.103. The van der Waals surface area contributed by atoms with Crippen LogP contribution in [0.3, 0.4) is 0 Å². The van der Waals surface area contributed by atoms with Gasteiger partial charge in [-0.3, -0.25) is 14.6 Å². The fourth-order valence-electron chi connectivity index (χ4n) is 10.2. The molecule has 6 atom stereocenters. The maximum Gasteiger partial charge on any atom is 0.413 e. The minimum Gasteiger partial charge on any atom is -0.461 e. The molecule has 0 saturated carbocycles. The Kier molecular flexibility index (Phi) is 9.62. The number of carbonyl (C=O) groups excluding carboxylic acids is 2. The topological polar surface area (TPSA) is 110 Å². The molecule has 11 nitrogen and oxygen atoms in total. The third-order valence-electron chi connectivity index (χ3n) is 12.7. The van der Waals surface area contributed by atoms with Gasteiger partial charge in [-0.25, -0.2) is 22.9 Å². The van der Waals surface area contributed by atoms with Gasteiger partial charge in [-0.1, -0.05) is 37.1 Å². The highest BCUT2D eigenvalue weighted by atomic mass is 19.1. The summed E-state index contributed by atoms with van der Waals surface area (Å²) in [6.45, 7) is 5.06. The summed E-state index contributed by atoms with van der Waals surface area (Å²) in [7, 11) is 0. The summed E-state index contributed by atoms with van der Waals surface area (Å²) in [6.07, 6.45) is 9.36. The predicted molar refractivity (Wildman–Crippen MR) is 206 cm³/mol. The zero-order valence-electron chi connectivity index (χ0n) is 32.1. The van der Waals surface area contributed by atoms with E-state index in [2.05, 4.69) is 15.7 Å². The van der Waals surface area contributed by atoms with Gasteiger partial charge in [-0.15, -0.1) is 6.42 Å². The van der Waals surface area contributed by atoms with E-state index in [9.17, 15) is 14.0 Å². The van der Waals surface area contributed by atoms with Crippen LogP contribution in [-0.2, 0) is 20.7 Å². The molecular weight excluding hydrogens is 738 g/mol. The Labute approximate surface area is 328 Å². The van der Waals surface area contributed by atoms with Crippen molar-refractivity contribution in [1.82, 2.24) is 24.8 Å². The number of alkyl halides is 1. The number of rotatable bonds is 8. The number of benzene rings is 2. The number of amides is 1. The first-order chi connectivity index (χ1) is 27.6. The van der Waals surface area contributed by atoms with E-state index in [1.165, 1.54) is 13.0 Å². The lowest BCUT2D eigenvalue weighted by Crippen LogP contribution is -2.62. The molecule has 57 heavy (non-hydrogen) atoms. The number of nitrogens with zero attached hydrogens (tertiary/aromatic N) is 6. The van der Waals surface area contributed by atoms with Crippen LogP contribution < -0.4 is 9.64 Å². The van der Waals surface area contributed by atoms with Crippen molar-refractivity contribution in [3.05, 3.63) is 53.2 Å². The third-order valence-corrected chi connectivity index (χ3v) is 12.7. The molecule has 0 spiro atoms. The second kappa shape index (κ2) is 14.7. The monoisotopic (exact) mass is 782 g/mol. The van der Waals surface area contributed by atoms with E-state index in [1.807, 2.05) is 6.92 Å². The average molecular weight is 783 g/mol. The second-order valence-electron chi connectivity index (χ2n) is 16.1. The molecule has 2 aromatic heterocycles. The highest BCUT2D eigenvalue weighted by molar-refractivity contribution is 6.02. The first-order valence-corrected chi connectivity index (χ1v) is 20.1. The fraction of sp³-hybridized carbons (Fsp3) is 0.512. The van der Waals surface area contributed by atoms with Gasteiger partial charge in [0.2, 0.25) is 6.29 Å². The van der Waals surface area contributed by atoms with Crippen molar-refractivity contribution >= 4 is 39.6 Å². The summed E-state index contributed by atoms with van der Waals surface area (Å²) in [6, 6.07) is 7.41. The van der Waals surface area contributed by atoms with Gasteiger partial charge < -0.3 is 19.1 Å². The number of hydrogen-bond acceptors (Lipinski definition) is 10. The number of pyridine rings is 1. The molecule has 14 heteroatoms. The lowest BCUT2D eigenvalue weighted by Gasteiger charge is -2.48. The minimum atomic E-state index is -1.04. The summed E-state index contributed by atoms with van der Waals surface area (Å²) in [5, 5.41) is 1.48. The van der Waals surface area contributed by atoms with Crippen molar-refractivity contribution in [2.24, 2.45) is 0 Å². The molecule has 9 rings (SSSR count). The predicted octanol–water partition coefficient (Wildman–Crippen LogP) is 7.24. The molecule has 7 heterocycles. The highest BCUT2D eigenvalue weighted by Gasteiger charge is 2.52. The number of esters is 1. The SMILES string of the molecule is C#Cc1c(F)ccc2cccc(-c3nc4c5c(nc(OC[C@@]67CCCN6C[C@H](F)C7)nc5c3F)N3C[C@H]5CC[C@@H]([C@H]3CCC4)N5C(=O)OC(C)OC(=O)CCC)c12. The lowest BCUT2D eigenvalue weighted by atomic mass is 9.92. The number of anilines is 1. The summed E-state index contributed by atoms with van der Waals surface area (Å²) in [5.41, 5.74) is 0.467. The van der Waals surface area contributed by atoms with Crippen molar-refractivity contribution in [2.75, 3.05) is 31.1 Å². The molecule has 4 fully saturated rings. The smallest absolute Gasteiger partial charge is 0.413 e. The first-order valence-electron chi connectivity index (χ1n) is 20.1. The molecule has 5 aliphatic heterocycles. The number of halogens is 3. The van der Waals surface area contributed by atoms with E-state index in [0.29, 0.717) is 84.8 Å². The first kappa shape index (κ1) is 37.4. The summed E-state index contributed by atoms with van der Waals surface area (Å²) in [4.78, 5) is 46.6. The van der Waals surface area contributed by atoms with Crippen LogP contribution in [0.2, 0.25) is 0 Å². The second-order valence-corrected chi connectivity index (χ2v) is 16.1. The van der Waals surface area contributed by atoms with Crippen LogP contribution in [-0.4, -0.2) is 99.2 Å². The van der Waals surface area contributed by atoms with Gasteiger partial charge in [0.25, 0.3) is 0 Å². The van der Waals surface area contributed by atoms with E-state index in [4.69, 9.17) is 35.6 Å². The fourth-order valence-corrected chi connectivity index (χ4v) is 10.2. The maximum atomic E-state index is 17.4. The van der Waals surface area contributed by atoms with E-state index in [1.54, 1.807) is 29.2 Å². The van der Waals surface area contributed by atoms with Gasteiger partial charge in [-0.05, 0) is 69.4 Å². The number of aromatic nitrogens is 3. The molecule has 0 radical (unpaired) electrons. The number of terminal acetylenes is 1. The van der Waals surface area contributed by atoms with Gasteiger partial charge in [0.15, 0.2) is 5.82 Å². The average Bonchev–Trinajstić information content (AvgIpc) is 3.83. The number of carbonyl (C=O) groups is 2. The number of aryl methyl sites for hydroxylation is 1. The highest BCUT2D eigenvalue weighted by Crippen LogP contribution is 2.46. The van der Waals surface area contributed by atoms with Gasteiger partial charge in [0.1, 0.15) is 35.6 Å². The van der Waals surface area contributed by atoms with Crippen LogP contribution in [0.5, 0.6) is 6.01 Å². The Bertz CT molecular complexity index is 2320. The summed E-state index contributed by atoms with van der Waals surface area (Å²) < 4.78 is 64.7. The zero-order chi connectivity index (χ0) is 39.6. The Hall–Kier alpha value is -5.16. The molecular formula is C43H45F3N6O5. The van der Waals surface area contributed by atoms with Crippen LogP contribution in [0.4, 0.5) is 23.8 Å². The Morgan fingerprint density at radius 1 is 1.04 bits per heavy atom. The van der Waals surface area contributed by atoms with Gasteiger partial charge in [0.05, 0.1) is 40.3 Å². The van der Waals surface area contributed by atoms with Crippen LogP contribution in [0.25, 0.3) is 32.9 Å². The minimum absolute atomic E-state index is 0.00376. The van der Waals surface area contributed by atoms with E-state index < -0.39 is 41.7 Å². The van der Waals surface area contributed by atoms with Crippen LogP contribution in [0.1, 0.15) is 82.9 Å². The van der Waals surface area contributed by atoms with Gasteiger partial charge >= 0.3 is 18.1 Å². The number of hydrogen-bond donors (Lipinski definition) is 0. The van der Waals surface area contributed by atoms with E-state index in [0.717, 1.165) is 25.8 Å². The molecule has 1 amide bonds. The molecule has 4 saturated heterocycles. The van der Waals surface area contributed by atoms with Crippen LogP contribution in [0.15, 0.2) is 30.3 Å². The largest absolute Gasteiger partial charge is 0.461 e. The number of fused-ring (bicyclic) bond motifs is 7. The molecule has 0 N–H and O–H groups in total. The standard InChI is InChI=1S/C43H45F3N6O5/c1-4-9-34(53)56-24(3)57-42(54)52-27-15-17-33(52)32-13-7-12-31-36-39(37(46)38(47-31)29-11-6-10-25-14-16-30(45)28(5-2)35(25)29)48-41(49-40(36)51(32)22-27)55-23-43-18-8-19-50(43)21-26(44)20-43/h2,6,10-11,14,16,24,26-27,32-33H,4,7-9,12-13,15,17-23H2,1,3H3/t24?,26-,27-,32-,33+,43+/m1/s1. The third kappa shape index (κ3) is 6.38. The maximum absolute atomic E-state index is 17.4. The Balaban J connectivity index is 1.14. The number of ether oxygens (including phenoxy) is 3. The Morgan fingerprint density at radius 3 is 2.72 bits per heavy atom. The van der Waals surface area contributed by atoms with Gasteiger partial charge in [0, 0.05) is 43.8 Å². The molecule has 4 aromatic rings. The van der Waals surface area contributed by atoms with Crippen molar-refractivity contribution in [2.45, 2.75) is 114 Å². The van der Waals surface area contributed by atoms with Crippen LogP contribution >= 0.6 is 0 Å². The normalized spacial score (nSPS) is 25.8. The zero-order valence-corrected chi connectivity index (χ0v) is 32.1. The van der Waals surface area contributed by atoms with Gasteiger partial charge in [-0.2, -0.15) is 9.97 Å². The van der Waals surface area contributed by atoms with E-state index in [-0.39, 0.29) is 53.9 Å². The van der Waals surface area contributed by atoms with Crippen molar-refractivity contribution < 1.29 is 37.0 Å². The summed E-state index contributed by atoms with van der Waals surface area (Å²) >= 11 is 0. The molecule has 5 aliphatic rings. The number of piperazine rings is 1. The van der Waals surface area contributed by atoms with Crippen molar-refractivity contribution in [1.29, 1.82) is 0 Å². The lowest BCUT2D eigenvalue weighted by molar-refractivity contribution is -0.166. The van der Waals surface area contributed by atoms with Crippen LogP contribution in [0, 0.1) is 24.0 Å². The molecule has 2 bridgehead atoms. The molecule has 1 unspecified atom stereocenters. The summed E-state index contributed by atoms with van der Waals surface area (Å²) in [5.74, 6) is 1.18. The van der Waals surface area contributed by atoms with E-state index >= 15 is 8.78 Å². The Morgan fingerprint density at radius 2 is 1.89 bits per heavy atom.